The smallest absolute Gasteiger partial charge is 0.0169 e. The highest BCUT2D eigenvalue weighted by atomic mass is 32.0. The summed E-state index contributed by atoms with van der Waals surface area (Å²) in [5.74, 6) is 0. The molecule has 0 saturated heterocycles. The van der Waals surface area contributed by atoms with Crippen molar-refractivity contribution in [1.29, 1.82) is 0 Å². The molecule has 0 saturated carbocycles. The molecule has 4 atom stereocenters. The van der Waals surface area contributed by atoms with Gasteiger partial charge in [0, 0.05) is 4.64 Å². The van der Waals surface area contributed by atoms with Crippen molar-refractivity contribution in [3.63, 3.8) is 0 Å². The molecule has 0 spiro atoms. The van der Waals surface area contributed by atoms with E-state index in [2.05, 4.69) is 32.1 Å². The van der Waals surface area contributed by atoms with E-state index in [0.29, 0.717) is 4.64 Å². The predicted molar refractivity (Wildman–Crippen MR) is 50.4 cm³/mol. The molecule has 0 aromatic heterocycles. The molecule has 0 radical (unpaired) electrons. The van der Waals surface area contributed by atoms with E-state index in [9.17, 15) is 0 Å². The van der Waals surface area contributed by atoms with Crippen LogP contribution >= 0.6 is 35.0 Å². The second-order valence-electron chi connectivity index (χ2n) is 1.66. The lowest BCUT2D eigenvalue weighted by molar-refractivity contribution is 1.33. The highest BCUT2D eigenvalue weighted by molar-refractivity contribution is 8.15. The molecule has 44 valence electrons. The lowest BCUT2D eigenvalue weighted by atomic mass is 10.9. The first kappa shape index (κ1) is 8.72. The summed E-state index contributed by atoms with van der Waals surface area (Å²) in [4.78, 5) is 0. The lowest BCUT2D eigenvalue weighted by Crippen LogP contribution is -1.87. The molecule has 0 N–H and O–H groups in total. The van der Waals surface area contributed by atoms with E-state index in [-0.39, 0.29) is 0 Å². The Balaban J connectivity index is 3.15. The Morgan fingerprint density at radius 1 is 1.43 bits per heavy atom. The van der Waals surface area contributed by atoms with E-state index in [4.69, 9.17) is 0 Å². The van der Waals surface area contributed by atoms with Crippen molar-refractivity contribution in [2.24, 2.45) is 0 Å². The molecule has 7 heavy (non-hydrogen) atoms. The Bertz CT molecular complexity index is 45.4. The molecule has 0 aromatic rings. The molecule has 0 aliphatic carbocycles. The third kappa shape index (κ3) is 7.72. The molecule has 0 amide bonds. The van der Waals surface area contributed by atoms with E-state index in [1.165, 1.54) is 0 Å². The monoisotopic (exact) mass is 172 g/mol. The maximum Gasteiger partial charge on any atom is 0.0169 e. The lowest BCUT2D eigenvalue weighted by Gasteiger charge is -2.15. The minimum absolute atomic E-state index is 0.424. The van der Waals surface area contributed by atoms with Crippen LogP contribution in [-0.4, -0.2) is 11.3 Å². The second kappa shape index (κ2) is 3.69. The predicted octanol–water partition coefficient (Wildman–Crippen LogP) is 2.31. The zero-order valence-corrected chi connectivity index (χ0v) is 8.96. The first-order valence-corrected chi connectivity index (χ1v) is 6.73. The molecule has 0 heterocycles. The van der Waals surface area contributed by atoms with Gasteiger partial charge in [-0.05, 0) is 13.6 Å². The van der Waals surface area contributed by atoms with Crippen LogP contribution in [0, 0.1) is 0 Å². The Hall–Kier alpha value is 1.72. The van der Waals surface area contributed by atoms with Gasteiger partial charge in [0.25, 0.3) is 0 Å². The van der Waals surface area contributed by atoms with E-state index < -0.39 is 0 Å². The third-order valence-electron chi connectivity index (χ3n) is 0.394. The fraction of sp³-hybridized carbons (Fsp3) is 1.00. The first-order valence-electron chi connectivity index (χ1n) is 2.08. The summed E-state index contributed by atoms with van der Waals surface area (Å²) < 4.78 is 0.424. The third-order valence-corrected chi connectivity index (χ3v) is 6.15. The molecule has 4 heteroatoms. The topological polar surface area (TPSA) is 0 Å². The normalized spacial score (nSPS) is 15.4. The van der Waals surface area contributed by atoms with E-state index >= 15 is 0 Å². The molecule has 0 nitrogen and oxygen atoms in total. The molecular formula is C3H12P4. The Kier molecular flexibility index (Phi) is 4.60. The fourth-order valence-electron chi connectivity index (χ4n) is 0.269. The molecular weight excluding hydrogens is 160 g/mol. The molecule has 0 aliphatic heterocycles. The average Bonchev–Trinajstić information content (AvgIpc) is 1.30. The highest BCUT2D eigenvalue weighted by Gasteiger charge is 2.06. The van der Waals surface area contributed by atoms with Gasteiger partial charge in [-0.1, -0.05) is 8.27 Å². The van der Waals surface area contributed by atoms with Crippen LogP contribution in [0.5, 0.6) is 0 Å². The van der Waals surface area contributed by atoms with Crippen LogP contribution in [0.3, 0.4) is 0 Å². The van der Waals surface area contributed by atoms with Crippen LogP contribution in [-0.2, 0) is 0 Å². The van der Waals surface area contributed by atoms with Crippen molar-refractivity contribution in [3.8, 4) is 0 Å². The van der Waals surface area contributed by atoms with Crippen molar-refractivity contribution in [2.75, 3.05) is 6.66 Å². The van der Waals surface area contributed by atoms with Crippen molar-refractivity contribution in [2.45, 2.75) is 11.6 Å². The van der Waals surface area contributed by atoms with Crippen LogP contribution < -0.4 is 0 Å². The molecule has 0 fully saturated rings. The summed E-state index contributed by atoms with van der Waals surface area (Å²) in [6, 6.07) is 0. The van der Waals surface area contributed by atoms with Crippen LogP contribution in [0.15, 0.2) is 0 Å². The van der Waals surface area contributed by atoms with Crippen LogP contribution in [0.25, 0.3) is 0 Å². The summed E-state index contributed by atoms with van der Waals surface area (Å²) in [6.45, 7) is 4.46. The average molecular weight is 172 g/mol. The van der Waals surface area contributed by atoms with Crippen LogP contribution in [0.2, 0.25) is 0 Å². The Morgan fingerprint density at radius 3 is 1.86 bits per heavy atom. The van der Waals surface area contributed by atoms with E-state index in [0.717, 1.165) is 16.5 Å². The second-order valence-corrected chi connectivity index (χ2v) is 9.96. The highest BCUT2D eigenvalue weighted by Crippen LogP contribution is 2.53. The summed E-state index contributed by atoms with van der Waals surface area (Å²) in [7, 11) is 7.81. The van der Waals surface area contributed by atoms with E-state index in [1.807, 2.05) is 0 Å². The molecule has 0 aliphatic rings. The number of rotatable bonds is 2. The van der Waals surface area contributed by atoms with Gasteiger partial charge in [0.05, 0.1) is 0 Å². The Labute approximate surface area is 53.9 Å². The summed E-state index contributed by atoms with van der Waals surface area (Å²) >= 11 is 0. The molecule has 0 aromatic carbocycles. The summed E-state index contributed by atoms with van der Waals surface area (Å²) in [5, 5.41) is 0. The minimum atomic E-state index is 0.424. The van der Waals surface area contributed by atoms with Crippen molar-refractivity contribution < 1.29 is 0 Å². The van der Waals surface area contributed by atoms with Crippen molar-refractivity contribution >= 4 is 35.0 Å². The van der Waals surface area contributed by atoms with Gasteiger partial charge in [-0.15, -0.1) is 26.7 Å². The zero-order valence-electron chi connectivity index (χ0n) is 4.65. The summed E-state index contributed by atoms with van der Waals surface area (Å²) in [5.41, 5.74) is 0. The van der Waals surface area contributed by atoms with Gasteiger partial charge >= 0.3 is 0 Å². The van der Waals surface area contributed by atoms with Gasteiger partial charge in [-0.25, -0.2) is 0 Å². The van der Waals surface area contributed by atoms with E-state index in [1.54, 1.807) is 0 Å². The standard InChI is InChI=1S/C3H12P4/c1-3(4,5)7-6-2/h6-7H,4-5H2,1-2H3. The van der Waals surface area contributed by atoms with Crippen LogP contribution in [0.4, 0.5) is 0 Å². The summed E-state index contributed by atoms with van der Waals surface area (Å²) in [6.07, 6.45) is 0. The van der Waals surface area contributed by atoms with Gasteiger partial charge in [0.2, 0.25) is 0 Å². The maximum absolute atomic E-state index is 2.82. The zero-order chi connectivity index (χ0) is 5.91. The first-order chi connectivity index (χ1) is 3.06. The van der Waals surface area contributed by atoms with Crippen molar-refractivity contribution in [3.05, 3.63) is 0 Å². The number of hydrogen-bond acceptors (Lipinski definition) is 0. The fourth-order valence-corrected chi connectivity index (χ4v) is 5.02. The van der Waals surface area contributed by atoms with Crippen molar-refractivity contribution in [1.82, 2.24) is 0 Å². The Morgan fingerprint density at radius 2 is 1.86 bits per heavy atom. The number of hydrogen-bond donors (Lipinski definition) is 0. The van der Waals surface area contributed by atoms with Gasteiger partial charge in [-0.3, -0.25) is 0 Å². The largest absolute Gasteiger partial charge is 0.123 e. The quantitative estimate of drug-likeness (QED) is 0.560. The van der Waals surface area contributed by atoms with Gasteiger partial charge < -0.3 is 0 Å². The van der Waals surface area contributed by atoms with Gasteiger partial charge in [-0.2, -0.15) is 0 Å². The van der Waals surface area contributed by atoms with Gasteiger partial charge in [0.15, 0.2) is 0 Å². The molecule has 0 rings (SSSR count). The maximum atomic E-state index is 2.82. The van der Waals surface area contributed by atoms with Crippen LogP contribution in [0.1, 0.15) is 6.92 Å². The van der Waals surface area contributed by atoms with Gasteiger partial charge in [0.1, 0.15) is 0 Å². The minimum Gasteiger partial charge on any atom is -0.123 e. The SMILES string of the molecule is CPPC(C)(P)P. The molecule has 0 bridgehead atoms. The molecule has 4 unspecified atom stereocenters.